The molecular formula is C53H86O22. The van der Waals surface area contributed by atoms with Crippen molar-refractivity contribution in [3.63, 3.8) is 0 Å². The highest BCUT2D eigenvalue weighted by atomic mass is 16.8. The summed E-state index contributed by atoms with van der Waals surface area (Å²) in [4.78, 5) is 15.5. The zero-order valence-electron chi connectivity index (χ0n) is 44.2. The quantitative estimate of drug-likeness (QED) is 0.0643. The van der Waals surface area contributed by atoms with Gasteiger partial charge in [0, 0.05) is 5.41 Å². The van der Waals surface area contributed by atoms with Crippen LogP contribution in [0.1, 0.15) is 113 Å². The minimum atomic E-state index is -1.89. The number of hydrogen-bond acceptors (Lipinski definition) is 22. The molecule has 9 rings (SSSR count). The number of carbonyl (C=O) groups excluding carboxylic acids is 1. The fourth-order valence-corrected chi connectivity index (χ4v) is 16.1. The second kappa shape index (κ2) is 21.1. The van der Waals surface area contributed by atoms with Crippen LogP contribution in [-0.2, 0) is 42.7 Å². The zero-order chi connectivity index (χ0) is 54.7. The van der Waals surface area contributed by atoms with Crippen molar-refractivity contribution in [1.82, 2.24) is 0 Å². The summed E-state index contributed by atoms with van der Waals surface area (Å²) >= 11 is 0. The lowest BCUT2D eigenvalue weighted by Crippen LogP contribution is -2.67. The number of hydrogen-bond donors (Lipinski definition) is 13. The Bertz CT molecular complexity index is 2060. The number of aliphatic hydroxyl groups is 13. The molecule has 0 aromatic rings. The van der Waals surface area contributed by atoms with E-state index in [0.29, 0.717) is 44.9 Å². The Balaban J connectivity index is 0.991. The SMILES string of the molecule is C[C@@H]1O[C@@H](O[C@H]2[C@H](OC(=O)[C@]34CCC(C)(C)CC3C3=CC[C@@H]5[C@@]6(C)CC[C@H](O[C@@H]7O[C@H](CO)[C@@H](O)[C@H](O)[C@H]7O)[C@@](C)(CO)C6CC[C@@]5(C)[C@]3(C)CC4)O[C@H](CO[C@@H]3OC[C@@H](O)[C@H](O)[C@H]3O)[C@@H](O)[C@@H]2O)[C@H](O)[C@H](O)[C@H]1O. The topological polar surface area (TPSA) is 354 Å². The summed E-state index contributed by atoms with van der Waals surface area (Å²) in [5.41, 5.74) is -1.86. The van der Waals surface area contributed by atoms with Gasteiger partial charge < -0.3 is 104 Å². The number of rotatable bonds is 11. The van der Waals surface area contributed by atoms with E-state index in [0.717, 1.165) is 19.3 Å². The molecule has 4 saturated heterocycles. The molecule has 0 amide bonds. The molecule has 0 aromatic heterocycles. The Hall–Kier alpha value is -1.59. The van der Waals surface area contributed by atoms with Crippen molar-refractivity contribution in [2.24, 2.45) is 50.2 Å². The Kier molecular flexibility index (Phi) is 16.3. The van der Waals surface area contributed by atoms with Crippen molar-refractivity contribution in [2.45, 2.75) is 235 Å². The third kappa shape index (κ3) is 9.50. The van der Waals surface area contributed by atoms with Crippen molar-refractivity contribution in [1.29, 1.82) is 0 Å². The highest BCUT2D eigenvalue weighted by Crippen LogP contribution is 2.76. The van der Waals surface area contributed by atoms with E-state index in [4.69, 9.17) is 37.9 Å². The van der Waals surface area contributed by atoms with E-state index in [1.165, 1.54) is 12.5 Å². The molecule has 0 bridgehead atoms. The van der Waals surface area contributed by atoms with Gasteiger partial charge in [-0.05, 0) is 111 Å². The maximum atomic E-state index is 15.5. The largest absolute Gasteiger partial charge is 0.432 e. The van der Waals surface area contributed by atoms with Crippen LogP contribution in [0.5, 0.6) is 0 Å². The average Bonchev–Trinajstić information content (AvgIpc) is 3.37. The molecule has 0 radical (unpaired) electrons. The summed E-state index contributed by atoms with van der Waals surface area (Å²) in [6, 6.07) is 0. The molecule has 22 nitrogen and oxygen atoms in total. The first-order valence-corrected chi connectivity index (χ1v) is 27.3. The summed E-state index contributed by atoms with van der Waals surface area (Å²) in [6.45, 7) is 13.1. The third-order valence-corrected chi connectivity index (χ3v) is 21.1. The minimum Gasteiger partial charge on any atom is -0.432 e. The molecule has 0 aromatic carbocycles. The molecule has 430 valence electrons. The van der Waals surface area contributed by atoms with Crippen LogP contribution in [0, 0.1) is 50.2 Å². The first-order chi connectivity index (χ1) is 35.1. The monoisotopic (exact) mass is 1070 g/mol. The fourth-order valence-electron chi connectivity index (χ4n) is 16.1. The van der Waals surface area contributed by atoms with Crippen LogP contribution >= 0.6 is 0 Å². The highest BCUT2D eigenvalue weighted by molar-refractivity contribution is 5.79. The molecule has 9 aliphatic rings. The first-order valence-electron chi connectivity index (χ1n) is 27.3. The predicted octanol–water partition coefficient (Wildman–Crippen LogP) is -1.40. The molecule has 13 N–H and O–H groups in total. The Labute approximate surface area is 437 Å². The van der Waals surface area contributed by atoms with Gasteiger partial charge in [0.15, 0.2) is 25.0 Å². The molecule has 4 aliphatic heterocycles. The Morgan fingerprint density at radius 2 is 1.27 bits per heavy atom. The van der Waals surface area contributed by atoms with Crippen LogP contribution < -0.4 is 0 Å². The van der Waals surface area contributed by atoms with Crippen LogP contribution in [0.4, 0.5) is 0 Å². The molecule has 8 fully saturated rings. The summed E-state index contributed by atoms with van der Waals surface area (Å²) in [5, 5.41) is 139. The molecule has 28 atom stereocenters. The minimum absolute atomic E-state index is 0.0355. The van der Waals surface area contributed by atoms with E-state index in [1.807, 2.05) is 6.92 Å². The van der Waals surface area contributed by atoms with Crippen LogP contribution in [0.3, 0.4) is 0 Å². The molecule has 0 spiro atoms. The van der Waals surface area contributed by atoms with Crippen LogP contribution in [0.2, 0.25) is 0 Å². The van der Waals surface area contributed by atoms with E-state index < -0.39 is 158 Å². The molecular weight excluding hydrogens is 989 g/mol. The van der Waals surface area contributed by atoms with E-state index in [9.17, 15) is 66.4 Å². The zero-order valence-corrected chi connectivity index (χ0v) is 44.2. The number of fused-ring (bicyclic) bond motifs is 7. The second-order valence-electron chi connectivity index (χ2n) is 25.7. The van der Waals surface area contributed by atoms with E-state index >= 15 is 4.79 Å². The van der Waals surface area contributed by atoms with Crippen molar-refractivity contribution in [3.05, 3.63) is 11.6 Å². The van der Waals surface area contributed by atoms with Crippen molar-refractivity contribution >= 4 is 5.97 Å². The fraction of sp³-hybridized carbons (Fsp3) is 0.943. The van der Waals surface area contributed by atoms with Gasteiger partial charge in [0.05, 0.1) is 44.1 Å². The number of esters is 1. The second-order valence-corrected chi connectivity index (χ2v) is 25.7. The van der Waals surface area contributed by atoms with Crippen LogP contribution in [0.25, 0.3) is 0 Å². The van der Waals surface area contributed by atoms with Gasteiger partial charge in [-0.1, -0.05) is 53.2 Å². The maximum Gasteiger partial charge on any atom is 0.315 e. The Morgan fingerprint density at radius 3 is 1.95 bits per heavy atom. The third-order valence-electron chi connectivity index (χ3n) is 21.1. The normalized spacial score (nSPS) is 54.8. The summed E-state index contributed by atoms with van der Waals surface area (Å²) in [7, 11) is 0. The molecule has 22 heteroatoms. The Morgan fingerprint density at radius 1 is 0.640 bits per heavy atom. The molecule has 4 heterocycles. The number of allylic oxidation sites excluding steroid dienone is 2. The van der Waals surface area contributed by atoms with Crippen molar-refractivity contribution < 1.29 is 109 Å². The molecule has 75 heavy (non-hydrogen) atoms. The highest BCUT2D eigenvalue weighted by Gasteiger charge is 2.71. The lowest BCUT2D eigenvalue weighted by atomic mass is 9.33. The predicted molar refractivity (Wildman–Crippen MR) is 257 cm³/mol. The summed E-state index contributed by atoms with van der Waals surface area (Å²) in [6.07, 6.45) is -21.7. The number of aliphatic hydroxyl groups excluding tert-OH is 13. The lowest BCUT2D eigenvalue weighted by Gasteiger charge is -2.71. The van der Waals surface area contributed by atoms with E-state index in [-0.39, 0.29) is 47.2 Å². The van der Waals surface area contributed by atoms with Crippen LogP contribution in [-0.4, -0.2) is 222 Å². The van der Waals surface area contributed by atoms with Gasteiger partial charge in [0.2, 0.25) is 6.29 Å². The van der Waals surface area contributed by atoms with Crippen LogP contribution in [0.15, 0.2) is 11.6 Å². The van der Waals surface area contributed by atoms with E-state index in [1.54, 1.807) is 0 Å². The van der Waals surface area contributed by atoms with Gasteiger partial charge in [0.25, 0.3) is 0 Å². The van der Waals surface area contributed by atoms with E-state index in [2.05, 4.69) is 40.7 Å². The lowest BCUT2D eigenvalue weighted by molar-refractivity contribution is -0.365. The van der Waals surface area contributed by atoms with Gasteiger partial charge in [-0.2, -0.15) is 0 Å². The standard InChI is InChI=1S/C53H86O22/c1-23-32(57)36(61)40(65)44(70-23)74-42-38(63)35(60)28(21-69-43-39(64)33(58)26(56)20-68-43)72-46(42)75-47(67)53-16-14-48(2,3)18-25(53)24-8-9-30-49(4)12-11-31(73-45-41(66)37(62)34(59)27(19-54)71-45)50(5,22-55)29(49)10-13-52(30,7)51(24,6)15-17-53/h8,23,25-46,54-66H,9-22H2,1-7H3/t23-,25?,26+,27+,28+,29?,30+,31-,32-,33-,34+,35+,36+,37-,38-,39+,40+,41+,42+,43-,44-,45-,46-,49-,50-,51+,52+,53-/m0/s1. The van der Waals surface area contributed by atoms with Gasteiger partial charge in [0.1, 0.15) is 79.4 Å². The van der Waals surface area contributed by atoms with Crippen molar-refractivity contribution in [2.75, 3.05) is 26.4 Å². The first kappa shape index (κ1) is 58.1. The number of carbonyl (C=O) groups is 1. The summed E-state index contributed by atoms with van der Waals surface area (Å²) < 4.78 is 47.9. The smallest absolute Gasteiger partial charge is 0.315 e. The molecule has 5 aliphatic carbocycles. The van der Waals surface area contributed by atoms with Crippen molar-refractivity contribution in [3.8, 4) is 0 Å². The average molecular weight is 1080 g/mol. The number of ether oxygens (including phenoxy) is 8. The molecule has 4 saturated carbocycles. The van der Waals surface area contributed by atoms with Gasteiger partial charge in [-0.3, -0.25) is 4.79 Å². The van der Waals surface area contributed by atoms with Gasteiger partial charge in [-0.25, -0.2) is 0 Å². The van der Waals surface area contributed by atoms with Gasteiger partial charge in [-0.15, -0.1) is 0 Å². The maximum absolute atomic E-state index is 15.5. The van der Waals surface area contributed by atoms with Gasteiger partial charge >= 0.3 is 5.97 Å². The molecule has 2 unspecified atom stereocenters. The summed E-state index contributed by atoms with van der Waals surface area (Å²) in [5.74, 6) is -0.816.